The van der Waals surface area contributed by atoms with Crippen molar-refractivity contribution in [3.8, 4) is 0 Å². The smallest absolute Gasteiger partial charge is 0.0901 e. The van der Waals surface area contributed by atoms with Crippen LogP contribution in [0.2, 0.25) is 0 Å². The minimum Gasteiger partial charge on any atom is -0.377 e. The van der Waals surface area contributed by atoms with Gasteiger partial charge in [0, 0.05) is 29.3 Å². The highest BCUT2D eigenvalue weighted by Crippen LogP contribution is 2.28. The van der Waals surface area contributed by atoms with E-state index in [1.165, 1.54) is 47.9 Å². The second-order valence-electron chi connectivity index (χ2n) is 5.78. The molecule has 1 aromatic heterocycles. The van der Waals surface area contributed by atoms with E-state index in [0.717, 1.165) is 5.01 Å². The van der Waals surface area contributed by atoms with Gasteiger partial charge in [-0.2, -0.15) is 0 Å². The number of anilines is 2. The second-order valence-corrected chi connectivity index (χ2v) is 7.19. The topological polar surface area (TPSA) is 28.2 Å². The van der Waals surface area contributed by atoms with Gasteiger partial charge >= 0.3 is 0 Å². The fourth-order valence-electron chi connectivity index (χ4n) is 3.03. The first-order valence-corrected chi connectivity index (χ1v) is 8.50. The number of hydrogen-bond acceptors (Lipinski definition) is 4. The van der Waals surface area contributed by atoms with Gasteiger partial charge in [0.15, 0.2) is 0 Å². The number of rotatable bonds is 4. The molecule has 0 aliphatic carbocycles. The molecule has 1 saturated heterocycles. The highest BCUT2D eigenvalue weighted by Gasteiger charge is 2.15. The summed E-state index contributed by atoms with van der Waals surface area (Å²) in [6, 6.07) is 8.99. The van der Waals surface area contributed by atoms with Gasteiger partial charge in [0.2, 0.25) is 0 Å². The summed E-state index contributed by atoms with van der Waals surface area (Å²) < 4.78 is 0. The summed E-state index contributed by atoms with van der Waals surface area (Å²) in [5.74, 6) is 0. The first kappa shape index (κ1) is 14.4. The molecule has 2 aromatic rings. The third-order valence-electron chi connectivity index (χ3n) is 4.05. The average molecular weight is 301 g/mol. The van der Waals surface area contributed by atoms with Crippen LogP contribution in [0.15, 0.2) is 24.3 Å². The van der Waals surface area contributed by atoms with E-state index in [1.807, 2.05) is 0 Å². The summed E-state index contributed by atoms with van der Waals surface area (Å²) in [5, 5.41) is 4.73. The zero-order valence-electron chi connectivity index (χ0n) is 13.0. The van der Waals surface area contributed by atoms with Gasteiger partial charge in [-0.25, -0.2) is 4.98 Å². The van der Waals surface area contributed by atoms with Crippen LogP contribution >= 0.6 is 11.3 Å². The van der Waals surface area contributed by atoms with Crippen molar-refractivity contribution in [3.05, 3.63) is 39.8 Å². The minimum absolute atomic E-state index is 0.240. The Labute approximate surface area is 131 Å². The van der Waals surface area contributed by atoms with Crippen molar-refractivity contribution in [1.29, 1.82) is 0 Å². The third kappa shape index (κ3) is 3.21. The molecule has 0 bridgehead atoms. The van der Waals surface area contributed by atoms with E-state index >= 15 is 0 Å². The molecule has 0 amide bonds. The van der Waals surface area contributed by atoms with Crippen LogP contribution < -0.4 is 10.2 Å². The molecule has 1 aliphatic heterocycles. The molecule has 1 N–H and O–H groups in total. The Morgan fingerprint density at radius 2 is 2.00 bits per heavy atom. The van der Waals surface area contributed by atoms with Crippen molar-refractivity contribution >= 4 is 22.7 Å². The third-order valence-corrected chi connectivity index (χ3v) is 4.95. The highest BCUT2D eigenvalue weighted by molar-refractivity contribution is 7.11. The maximum Gasteiger partial charge on any atom is 0.0901 e. The lowest BCUT2D eigenvalue weighted by atomic mass is 10.2. The lowest BCUT2D eigenvalue weighted by Gasteiger charge is -2.20. The quantitative estimate of drug-likeness (QED) is 0.899. The largest absolute Gasteiger partial charge is 0.377 e. The van der Waals surface area contributed by atoms with Crippen LogP contribution in [0.3, 0.4) is 0 Å². The van der Waals surface area contributed by atoms with E-state index in [1.54, 1.807) is 11.3 Å². The van der Waals surface area contributed by atoms with Crippen molar-refractivity contribution in [3.63, 3.8) is 0 Å². The Morgan fingerprint density at radius 1 is 1.24 bits per heavy atom. The Kier molecular flexibility index (Phi) is 4.15. The van der Waals surface area contributed by atoms with E-state index in [2.05, 4.69) is 60.2 Å². The van der Waals surface area contributed by atoms with Crippen molar-refractivity contribution in [2.24, 2.45) is 0 Å². The number of hydrogen-bond donors (Lipinski definition) is 1. The molecule has 0 saturated carbocycles. The van der Waals surface area contributed by atoms with Crippen LogP contribution in [0.5, 0.6) is 0 Å². The average Bonchev–Trinajstić information content (AvgIpc) is 3.08. The van der Waals surface area contributed by atoms with Crippen LogP contribution in [0.1, 0.15) is 41.4 Å². The maximum atomic E-state index is 4.65. The summed E-state index contributed by atoms with van der Waals surface area (Å²) in [7, 11) is 0. The van der Waals surface area contributed by atoms with Crippen molar-refractivity contribution in [2.45, 2.75) is 39.7 Å². The van der Waals surface area contributed by atoms with E-state index in [0.29, 0.717) is 0 Å². The monoisotopic (exact) mass is 301 g/mol. The summed E-state index contributed by atoms with van der Waals surface area (Å²) in [6.45, 7) is 8.78. The number of thiazole rings is 1. The van der Waals surface area contributed by atoms with Crippen LogP contribution in [-0.4, -0.2) is 18.1 Å². The first-order chi connectivity index (χ1) is 10.1. The molecule has 3 nitrogen and oxygen atoms in total. The van der Waals surface area contributed by atoms with Gasteiger partial charge in [0.1, 0.15) is 0 Å². The Balaban J connectivity index is 1.75. The molecular formula is C17H23N3S. The molecule has 1 atom stereocenters. The molecule has 0 spiro atoms. The molecule has 2 heterocycles. The number of aromatic nitrogens is 1. The zero-order chi connectivity index (χ0) is 14.8. The molecule has 0 radical (unpaired) electrons. The SMILES string of the molecule is Cc1nc(C(C)Nc2cccc(N3CCCC3)c2)c(C)s1. The molecule has 1 aromatic carbocycles. The Hall–Kier alpha value is -1.55. The van der Waals surface area contributed by atoms with E-state index < -0.39 is 0 Å². The molecule has 1 unspecified atom stereocenters. The van der Waals surface area contributed by atoms with E-state index in [-0.39, 0.29) is 6.04 Å². The second kappa shape index (κ2) is 6.06. The van der Waals surface area contributed by atoms with Crippen LogP contribution in [-0.2, 0) is 0 Å². The number of aryl methyl sites for hydroxylation is 2. The van der Waals surface area contributed by atoms with E-state index in [9.17, 15) is 0 Å². The van der Waals surface area contributed by atoms with E-state index in [4.69, 9.17) is 0 Å². The van der Waals surface area contributed by atoms with Gasteiger partial charge in [-0.3, -0.25) is 0 Å². The summed E-state index contributed by atoms with van der Waals surface area (Å²) in [6.07, 6.45) is 2.62. The summed E-state index contributed by atoms with van der Waals surface area (Å²) >= 11 is 1.77. The maximum absolute atomic E-state index is 4.65. The van der Waals surface area contributed by atoms with Crippen LogP contribution in [0.25, 0.3) is 0 Å². The van der Waals surface area contributed by atoms with Crippen LogP contribution in [0, 0.1) is 13.8 Å². The normalized spacial score (nSPS) is 16.2. The number of nitrogens with zero attached hydrogens (tertiary/aromatic N) is 2. The Bertz CT molecular complexity index is 614. The molecule has 1 fully saturated rings. The van der Waals surface area contributed by atoms with Crippen molar-refractivity contribution < 1.29 is 0 Å². The minimum atomic E-state index is 0.240. The van der Waals surface area contributed by atoms with Crippen molar-refractivity contribution in [2.75, 3.05) is 23.3 Å². The fourth-order valence-corrected chi connectivity index (χ4v) is 3.95. The van der Waals surface area contributed by atoms with Gasteiger partial charge in [0.25, 0.3) is 0 Å². The lowest BCUT2D eigenvalue weighted by Crippen LogP contribution is -2.17. The molecule has 4 heteroatoms. The predicted molar refractivity (Wildman–Crippen MR) is 91.5 cm³/mol. The molecule has 21 heavy (non-hydrogen) atoms. The van der Waals surface area contributed by atoms with Crippen LogP contribution in [0.4, 0.5) is 11.4 Å². The highest BCUT2D eigenvalue weighted by atomic mass is 32.1. The van der Waals surface area contributed by atoms with Gasteiger partial charge in [-0.05, 0) is 51.8 Å². The zero-order valence-corrected chi connectivity index (χ0v) is 13.8. The van der Waals surface area contributed by atoms with Gasteiger partial charge in [-0.1, -0.05) is 6.07 Å². The standard InChI is InChI=1S/C17H23N3S/c1-12(17-13(2)21-14(3)19-17)18-15-7-6-8-16(11-15)20-9-4-5-10-20/h6-8,11-12,18H,4-5,9-10H2,1-3H3. The number of nitrogens with one attached hydrogen (secondary N) is 1. The molecular weight excluding hydrogens is 278 g/mol. The van der Waals surface area contributed by atoms with Gasteiger partial charge in [-0.15, -0.1) is 11.3 Å². The summed E-state index contributed by atoms with van der Waals surface area (Å²) in [5.41, 5.74) is 3.68. The molecule has 112 valence electrons. The van der Waals surface area contributed by atoms with Gasteiger partial charge in [0.05, 0.1) is 16.7 Å². The lowest BCUT2D eigenvalue weighted by molar-refractivity contribution is 0.836. The summed E-state index contributed by atoms with van der Waals surface area (Å²) in [4.78, 5) is 8.43. The fraction of sp³-hybridized carbons (Fsp3) is 0.471. The predicted octanol–water partition coefficient (Wildman–Crippen LogP) is 4.53. The van der Waals surface area contributed by atoms with Crippen molar-refractivity contribution in [1.82, 2.24) is 4.98 Å². The Morgan fingerprint density at radius 3 is 2.67 bits per heavy atom. The molecule has 1 aliphatic rings. The number of benzene rings is 1. The first-order valence-electron chi connectivity index (χ1n) is 7.69. The molecule has 3 rings (SSSR count). The van der Waals surface area contributed by atoms with Gasteiger partial charge < -0.3 is 10.2 Å².